The first kappa shape index (κ1) is 23.6. The zero-order chi connectivity index (χ0) is 18.6. The van der Waals surface area contributed by atoms with Crippen LogP contribution in [0.1, 0.15) is 39.0 Å². The smallest absolute Gasteiger partial charge is 0.330 e. The Morgan fingerprint density at radius 3 is 1.80 bits per heavy atom. The van der Waals surface area contributed by atoms with Crippen LogP contribution in [-0.4, -0.2) is 64.8 Å². The van der Waals surface area contributed by atoms with Crippen LogP contribution in [0.4, 0.5) is 0 Å². The highest BCUT2D eigenvalue weighted by Gasteiger charge is 2.02. The van der Waals surface area contributed by atoms with Crippen molar-refractivity contribution in [3.8, 4) is 0 Å². The summed E-state index contributed by atoms with van der Waals surface area (Å²) in [7, 11) is 0. The lowest BCUT2D eigenvalue weighted by Gasteiger charge is -2.07. The molecule has 0 N–H and O–H groups in total. The van der Waals surface area contributed by atoms with E-state index in [9.17, 15) is 9.59 Å². The summed E-state index contributed by atoms with van der Waals surface area (Å²) >= 11 is 0. The number of rotatable bonds is 18. The summed E-state index contributed by atoms with van der Waals surface area (Å²) in [5, 5.41) is 0. The minimum atomic E-state index is -0.459. The second-order valence-electron chi connectivity index (χ2n) is 5.24. The summed E-state index contributed by atoms with van der Waals surface area (Å²) in [4.78, 5) is 22.1. The molecular formula is C18H32O7. The van der Waals surface area contributed by atoms with E-state index in [-0.39, 0.29) is 19.2 Å². The van der Waals surface area contributed by atoms with Crippen LogP contribution in [0.2, 0.25) is 0 Å². The van der Waals surface area contributed by atoms with Crippen LogP contribution in [0.25, 0.3) is 0 Å². The Labute approximate surface area is 150 Å². The predicted molar refractivity (Wildman–Crippen MR) is 93.3 cm³/mol. The summed E-state index contributed by atoms with van der Waals surface area (Å²) in [5.74, 6) is -0.619. The Bertz CT molecular complexity index is 344. The van der Waals surface area contributed by atoms with Gasteiger partial charge in [0, 0.05) is 12.5 Å². The lowest BCUT2D eigenvalue weighted by atomic mass is 10.2. The molecule has 7 heteroatoms. The van der Waals surface area contributed by atoms with E-state index in [2.05, 4.69) is 13.5 Å². The van der Waals surface area contributed by atoms with Crippen molar-refractivity contribution in [3.63, 3.8) is 0 Å². The van der Waals surface area contributed by atoms with Gasteiger partial charge in [-0.1, -0.05) is 32.8 Å². The van der Waals surface area contributed by atoms with Crippen molar-refractivity contribution in [1.82, 2.24) is 0 Å². The van der Waals surface area contributed by atoms with E-state index in [1.165, 1.54) is 0 Å². The molecule has 0 unspecified atom stereocenters. The van der Waals surface area contributed by atoms with Crippen LogP contribution < -0.4 is 0 Å². The number of unbranched alkanes of at least 4 members (excludes halogenated alkanes) is 3. The molecular weight excluding hydrogens is 328 g/mol. The fraction of sp³-hybridized carbons (Fsp3) is 0.778. The molecule has 0 saturated carbocycles. The highest BCUT2D eigenvalue weighted by Crippen LogP contribution is 2.03. The van der Waals surface area contributed by atoms with E-state index in [4.69, 9.17) is 23.7 Å². The Kier molecular flexibility index (Phi) is 17.8. The van der Waals surface area contributed by atoms with E-state index in [1.807, 2.05) is 0 Å². The zero-order valence-electron chi connectivity index (χ0n) is 15.3. The van der Waals surface area contributed by atoms with E-state index < -0.39 is 5.97 Å². The lowest BCUT2D eigenvalue weighted by molar-refractivity contribution is -0.145. The molecule has 146 valence electrons. The van der Waals surface area contributed by atoms with Crippen molar-refractivity contribution in [1.29, 1.82) is 0 Å². The first-order valence-electron chi connectivity index (χ1n) is 8.88. The average Bonchev–Trinajstić information content (AvgIpc) is 2.62. The molecule has 0 heterocycles. The number of esters is 2. The van der Waals surface area contributed by atoms with E-state index in [1.54, 1.807) is 0 Å². The average molecular weight is 360 g/mol. The first-order valence-corrected chi connectivity index (χ1v) is 8.88. The van der Waals surface area contributed by atoms with Gasteiger partial charge in [-0.3, -0.25) is 4.79 Å². The molecule has 25 heavy (non-hydrogen) atoms. The van der Waals surface area contributed by atoms with Gasteiger partial charge in [0.1, 0.15) is 13.2 Å². The number of carbonyl (C=O) groups is 2. The summed E-state index contributed by atoms with van der Waals surface area (Å²) < 4.78 is 25.6. The number of ether oxygens (including phenoxy) is 5. The number of carbonyl (C=O) groups excluding carboxylic acids is 2. The molecule has 0 saturated heterocycles. The Balaban J connectivity index is 3.15. The summed E-state index contributed by atoms with van der Waals surface area (Å²) in [6.45, 7) is 8.33. The fourth-order valence-corrected chi connectivity index (χ4v) is 1.78. The van der Waals surface area contributed by atoms with Crippen LogP contribution in [0.15, 0.2) is 12.7 Å². The topological polar surface area (TPSA) is 80.3 Å². The van der Waals surface area contributed by atoms with Gasteiger partial charge >= 0.3 is 11.9 Å². The van der Waals surface area contributed by atoms with Gasteiger partial charge in [-0.05, 0) is 6.42 Å². The fourth-order valence-electron chi connectivity index (χ4n) is 1.78. The third-order valence-corrected chi connectivity index (χ3v) is 3.11. The second kappa shape index (κ2) is 18.9. The molecule has 0 rings (SSSR count). The number of hydrogen-bond donors (Lipinski definition) is 0. The minimum Gasteiger partial charge on any atom is -0.463 e. The number of hydrogen-bond acceptors (Lipinski definition) is 7. The molecule has 0 aliphatic rings. The van der Waals surface area contributed by atoms with E-state index in [0.29, 0.717) is 46.1 Å². The third kappa shape index (κ3) is 18.7. The van der Waals surface area contributed by atoms with Crippen molar-refractivity contribution in [2.75, 3.05) is 52.9 Å². The zero-order valence-corrected chi connectivity index (χ0v) is 15.3. The standard InChI is InChI=1S/C18H32O7/c1-3-5-6-7-8-18(20)25-16-14-23-12-10-21-9-11-22-13-15-24-17(19)4-2/h4H,2-3,5-16H2,1H3. The lowest BCUT2D eigenvalue weighted by Crippen LogP contribution is -2.15. The second-order valence-corrected chi connectivity index (χ2v) is 5.24. The Morgan fingerprint density at radius 2 is 1.28 bits per heavy atom. The molecule has 0 amide bonds. The summed E-state index contributed by atoms with van der Waals surface area (Å²) in [6.07, 6.45) is 5.86. The van der Waals surface area contributed by atoms with Crippen molar-refractivity contribution in [2.24, 2.45) is 0 Å². The maximum Gasteiger partial charge on any atom is 0.330 e. The maximum atomic E-state index is 11.4. The van der Waals surface area contributed by atoms with Crippen molar-refractivity contribution in [3.05, 3.63) is 12.7 Å². The van der Waals surface area contributed by atoms with Gasteiger partial charge in [0.2, 0.25) is 0 Å². The molecule has 0 aromatic heterocycles. The maximum absolute atomic E-state index is 11.4. The van der Waals surface area contributed by atoms with Crippen LogP contribution in [0.5, 0.6) is 0 Å². The first-order chi connectivity index (χ1) is 12.2. The Morgan fingerprint density at radius 1 is 0.760 bits per heavy atom. The molecule has 0 spiro atoms. The SMILES string of the molecule is C=CC(=O)OCCOCCOCCOCCOC(=O)CCCCCC. The highest BCUT2D eigenvalue weighted by molar-refractivity contribution is 5.81. The molecule has 0 bridgehead atoms. The Hall–Kier alpha value is -1.44. The molecule has 0 aliphatic carbocycles. The highest BCUT2D eigenvalue weighted by atomic mass is 16.6. The van der Waals surface area contributed by atoms with Gasteiger partial charge in [-0.15, -0.1) is 0 Å². The van der Waals surface area contributed by atoms with Crippen LogP contribution in [0.3, 0.4) is 0 Å². The largest absolute Gasteiger partial charge is 0.463 e. The van der Waals surface area contributed by atoms with E-state index in [0.717, 1.165) is 31.8 Å². The molecule has 0 aromatic rings. The van der Waals surface area contributed by atoms with Gasteiger partial charge in [-0.2, -0.15) is 0 Å². The molecule has 0 radical (unpaired) electrons. The van der Waals surface area contributed by atoms with Crippen LogP contribution in [-0.2, 0) is 33.3 Å². The van der Waals surface area contributed by atoms with Gasteiger partial charge in [-0.25, -0.2) is 4.79 Å². The van der Waals surface area contributed by atoms with Gasteiger partial charge in [0.15, 0.2) is 0 Å². The quantitative estimate of drug-likeness (QED) is 0.211. The van der Waals surface area contributed by atoms with Gasteiger partial charge < -0.3 is 23.7 Å². The van der Waals surface area contributed by atoms with Gasteiger partial charge in [0.25, 0.3) is 0 Å². The normalized spacial score (nSPS) is 10.4. The molecule has 0 aliphatic heterocycles. The third-order valence-electron chi connectivity index (χ3n) is 3.11. The van der Waals surface area contributed by atoms with Gasteiger partial charge in [0.05, 0.1) is 39.6 Å². The molecule has 0 aromatic carbocycles. The summed E-state index contributed by atoms with van der Waals surface area (Å²) in [5.41, 5.74) is 0. The molecule has 0 fully saturated rings. The van der Waals surface area contributed by atoms with Crippen molar-refractivity contribution in [2.45, 2.75) is 39.0 Å². The van der Waals surface area contributed by atoms with E-state index >= 15 is 0 Å². The summed E-state index contributed by atoms with van der Waals surface area (Å²) in [6, 6.07) is 0. The van der Waals surface area contributed by atoms with Crippen LogP contribution >= 0.6 is 0 Å². The van der Waals surface area contributed by atoms with Crippen LogP contribution in [0, 0.1) is 0 Å². The van der Waals surface area contributed by atoms with Crippen molar-refractivity contribution >= 4 is 11.9 Å². The predicted octanol–water partition coefficient (Wildman–Crippen LogP) is 2.28. The molecule has 0 atom stereocenters. The van der Waals surface area contributed by atoms with Crippen molar-refractivity contribution < 1.29 is 33.3 Å². The molecule has 7 nitrogen and oxygen atoms in total. The minimum absolute atomic E-state index is 0.160. The monoisotopic (exact) mass is 360 g/mol.